The van der Waals surface area contributed by atoms with Crippen molar-refractivity contribution in [3.63, 3.8) is 0 Å². The SMILES string of the molecule is CCCSc1nnc(NC(=O)C(C)Oc2cc(C)ccc2C(C)C)s1. The van der Waals surface area contributed by atoms with Gasteiger partial charge < -0.3 is 4.74 Å². The van der Waals surface area contributed by atoms with Gasteiger partial charge in [-0.1, -0.05) is 56.0 Å². The van der Waals surface area contributed by atoms with Gasteiger partial charge in [-0.05, 0) is 43.4 Å². The molecule has 0 saturated heterocycles. The lowest BCUT2D eigenvalue weighted by molar-refractivity contribution is -0.122. The predicted octanol–water partition coefficient (Wildman–Crippen LogP) is 4.88. The number of anilines is 1. The topological polar surface area (TPSA) is 64.1 Å². The van der Waals surface area contributed by atoms with Crippen LogP contribution in [0.25, 0.3) is 0 Å². The molecule has 136 valence electrons. The number of aromatic nitrogens is 2. The quantitative estimate of drug-likeness (QED) is 0.523. The molecule has 0 spiro atoms. The first-order chi connectivity index (χ1) is 11.9. The molecule has 0 aliphatic rings. The van der Waals surface area contributed by atoms with E-state index in [-0.39, 0.29) is 5.91 Å². The average molecular weight is 380 g/mol. The van der Waals surface area contributed by atoms with Crippen LogP contribution in [-0.2, 0) is 4.79 Å². The molecule has 1 atom stereocenters. The first-order valence-corrected chi connectivity index (χ1v) is 10.2. The minimum atomic E-state index is -0.616. The molecule has 0 aliphatic heterocycles. The van der Waals surface area contributed by atoms with Crippen LogP contribution in [0.3, 0.4) is 0 Å². The van der Waals surface area contributed by atoms with Crippen LogP contribution in [0.4, 0.5) is 5.13 Å². The number of benzene rings is 1. The summed E-state index contributed by atoms with van der Waals surface area (Å²) in [5.74, 6) is 1.86. The number of ether oxygens (including phenoxy) is 1. The van der Waals surface area contributed by atoms with E-state index in [1.165, 1.54) is 11.3 Å². The Kier molecular flexibility index (Phi) is 7.25. The molecule has 7 heteroatoms. The third-order valence-electron chi connectivity index (χ3n) is 3.53. The summed E-state index contributed by atoms with van der Waals surface area (Å²) in [7, 11) is 0. The molecule has 0 saturated carbocycles. The third-order valence-corrected chi connectivity index (χ3v) is 5.71. The van der Waals surface area contributed by atoms with Gasteiger partial charge in [0.25, 0.3) is 5.91 Å². The molecule has 0 radical (unpaired) electrons. The van der Waals surface area contributed by atoms with Gasteiger partial charge in [-0.2, -0.15) is 0 Å². The lowest BCUT2D eigenvalue weighted by atomic mass is 10.0. The van der Waals surface area contributed by atoms with Crippen LogP contribution in [0.15, 0.2) is 22.5 Å². The van der Waals surface area contributed by atoms with Gasteiger partial charge in [-0.3, -0.25) is 10.1 Å². The summed E-state index contributed by atoms with van der Waals surface area (Å²) in [6, 6.07) is 6.09. The fraction of sp³-hybridized carbons (Fsp3) is 0.500. The van der Waals surface area contributed by atoms with Crippen molar-refractivity contribution in [3.05, 3.63) is 29.3 Å². The Morgan fingerprint density at radius 1 is 1.32 bits per heavy atom. The van der Waals surface area contributed by atoms with Crippen LogP contribution in [-0.4, -0.2) is 28.0 Å². The van der Waals surface area contributed by atoms with E-state index in [2.05, 4.69) is 48.4 Å². The highest BCUT2D eigenvalue weighted by Crippen LogP contribution is 2.29. The molecule has 0 bridgehead atoms. The number of nitrogens with one attached hydrogen (secondary N) is 1. The highest BCUT2D eigenvalue weighted by molar-refractivity contribution is 8.01. The second-order valence-corrected chi connectivity index (χ2v) is 8.49. The number of amides is 1. The van der Waals surface area contributed by atoms with Gasteiger partial charge >= 0.3 is 0 Å². The Labute approximate surface area is 157 Å². The van der Waals surface area contributed by atoms with E-state index >= 15 is 0 Å². The molecule has 2 aromatic rings. The smallest absolute Gasteiger partial charge is 0.266 e. The van der Waals surface area contributed by atoms with Gasteiger partial charge in [0.05, 0.1) is 0 Å². The predicted molar refractivity (Wildman–Crippen MR) is 105 cm³/mol. The van der Waals surface area contributed by atoms with Crippen molar-refractivity contribution in [2.45, 2.75) is 57.4 Å². The van der Waals surface area contributed by atoms with Crippen molar-refractivity contribution < 1.29 is 9.53 Å². The molecule has 0 aliphatic carbocycles. The number of aryl methyl sites for hydroxylation is 1. The maximum absolute atomic E-state index is 12.4. The highest BCUT2D eigenvalue weighted by Gasteiger charge is 2.19. The molecule has 0 fully saturated rings. The van der Waals surface area contributed by atoms with Crippen LogP contribution >= 0.6 is 23.1 Å². The zero-order valence-electron chi connectivity index (χ0n) is 15.3. The van der Waals surface area contributed by atoms with Crippen LogP contribution in [0.1, 0.15) is 51.2 Å². The Bertz CT molecular complexity index is 716. The number of hydrogen-bond donors (Lipinski definition) is 1. The Balaban J connectivity index is 2.01. The van der Waals surface area contributed by atoms with Crippen molar-refractivity contribution in [1.82, 2.24) is 10.2 Å². The van der Waals surface area contributed by atoms with Gasteiger partial charge in [0.2, 0.25) is 5.13 Å². The molecule has 1 amide bonds. The largest absolute Gasteiger partial charge is 0.481 e. The molecule has 25 heavy (non-hydrogen) atoms. The third kappa shape index (κ3) is 5.71. The molecule has 1 heterocycles. The number of carbonyl (C=O) groups excluding carboxylic acids is 1. The lowest BCUT2D eigenvalue weighted by Crippen LogP contribution is -2.30. The van der Waals surface area contributed by atoms with E-state index in [1.807, 2.05) is 13.0 Å². The van der Waals surface area contributed by atoms with Crippen molar-refractivity contribution in [2.75, 3.05) is 11.1 Å². The second kappa shape index (κ2) is 9.20. The number of carbonyl (C=O) groups is 1. The summed E-state index contributed by atoms with van der Waals surface area (Å²) in [6.45, 7) is 10.1. The minimum Gasteiger partial charge on any atom is -0.481 e. The molecule has 5 nitrogen and oxygen atoms in total. The summed E-state index contributed by atoms with van der Waals surface area (Å²) in [6.07, 6.45) is 0.459. The van der Waals surface area contributed by atoms with E-state index in [0.717, 1.165) is 33.4 Å². The monoisotopic (exact) mass is 379 g/mol. The van der Waals surface area contributed by atoms with Crippen LogP contribution in [0.5, 0.6) is 5.75 Å². The van der Waals surface area contributed by atoms with Crippen molar-refractivity contribution >= 4 is 34.1 Å². The number of hydrogen-bond acceptors (Lipinski definition) is 6. The van der Waals surface area contributed by atoms with Crippen molar-refractivity contribution in [2.24, 2.45) is 0 Å². The zero-order chi connectivity index (χ0) is 18.4. The summed E-state index contributed by atoms with van der Waals surface area (Å²) in [5, 5.41) is 11.4. The van der Waals surface area contributed by atoms with Crippen molar-refractivity contribution in [1.29, 1.82) is 0 Å². The molecule has 1 aromatic carbocycles. The van der Waals surface area contributed by atoms with E-state index in [4.69, 9.17) is 4.74 Å². The Hall–Kier alpha value is -1.60. The van der Waals surface area contributed by atoms with Gasteiger partial charge in [0, 0.05) is 5.75 Å². The summed E-state index contributed by atoms with van der Waals surface area (Å²) in [5.41, 5.74) is 2.20. The van der Waals surface area contributed by atoms with Gasteiger partial charge in [0.1, 0.15) is 5.75 Å². The van der Waals surface area contributed by atoms with Gasteiger partial charge in [-0.15, -0.1) is 10.2 Å². The first-order valence-electron chi connectivity index (χ1n) is 8.45. The molecular formula is C18H25N3O2S2. The Morgan fingerprint density at radius 2 is 2.08 bits per heavy atom. The van der Waals surface area contributed by atoms with Crippen LogP contribution in [0, 0.1) is 6.92 Å². The zero-order valence-corrected chi connectivity index (χ0v) is 17.0. The van der Waals surface area contributed by atoms with Crippen LogP contribution < -0.4 is 10.1 Å². The van der Waals surface area contributed by atoms with Gasteiger partial charge in [-0.25, -0.2) is 0 Å². The van der Waals surface area contributed by atoms with E-state index in [0.29, 0.717) is 11.0 Å². The van der Waals surface area contributed by atoms with E-state index in [1.54, 1.807) is 18.7 Å². The number of nitrogens with zero attached hydrogens (tertiary/aromatic N) is 2. The second-order valence-electron chi connectivity index (χ2n) is 6.17. The molecule has 2 rings (SSSR count). The fourth-order valence-corrected chi connectivity index (χ4v) is 3.86. The lowest BCUT2D eigenvalue weighted by Gasteiger charge is -2.18. The highest BCUT2D eigenvalue weighted by atomic mass is 32.2. The summed E-state index contributed by atoms with van der Waals surface area (Å²) in [4.78, 5) is 12.4. The normalized spacial score (nSPS) is 12.2. The van der Waals surface area contributed by atoms with Gasteiger partial charge in [0.15, 0.2) is 10.4 Å². The maximum Gasteiger partial charge on any atom is 0.266 e. The van der Waals surface area contributed by atoms with E-state index in [9.17, 15) is 4.79 Å². The molecule has 1 N–H and O–H groups in total. The average Bonchev–Trinajstić information content (AvgIpc) is 3.00. The first kappa shape index (κ1) is 19.7. The Morgan fingerprint density at radius 3 is 2.76 bits per heavy atom. The molecule has 1 aromatic heterocycles. The molecular weight excluding hydrogens is 354 g/mol. The minimum absolute atomic E-state index is 0.223. The van der Waals surface area contributed by atoms with E-state index < -0.39 is 6.10 Å². The van der Waals surface area contributed by atoms with Crippen LogP contribution in [0.2, 0.25) is 0 Å². The summed E-state index contributed by atoms with van der Waals surface area (Å²) < 4.78 is 6.80. The molecule has 1 unspecified atom stereocenters. The number of thioether (sulfide) groups is 1. The fourth-order valence-electron chi connectivity index (χ4n) is 2.18. The standard InChI is InChI=1S/C18H25N3O2S2/c1-6-9-24-18-21-20-17(25-18)19-16(22)13(5)23-15-10-12(4)7-8-14(15)11(2)3/h7-8,10-11,13H,6,9H2,1-5H3,(H,19,20,22). The number of rotatable bonds is 8. The summed E-state index contributed by atoms with van der Waals surface area (Å²) >= 11 is 3.04. The maximum atomic E-state index is 12.4. The van der Waals surface area contributed by atoms with Crippen molar-refractivity contribution in [3.8, 4) is 5.75 Å².